The molecular weight excluding hydrogens is 374 g/mol. The quantitative estimate of drug-likeness (QED) is 0.620. The maximum atomic E-state index is 11.9. The molecule has 28 heavy (non-hydrogen) atoms. The Balaban J connectivity index is 2.02. The van der Waals surface area contributed by atoms with Gasteiger partial charge in [-0.05, 0) is 48.7 Å². The normalized spacial score (nSPS) is 16.6. The number of hydrogen-bond donors (Lipinski definition) is 1. The van der Waals surface area contributed by atoms with E-state index < -0.39 is 9.84 Å². The minimum absolute atomic E-state index is 0.224. The molecule has 2 aromatic carbocycles. The SMILES string of the molecule is COc1ccc(S(C)(=O)=O)cc1NC(C)=Nc1c(C)ccc2c1C(C)CN=C2. The largest absolute Gasteiger partial charge is 0.495 e. The van der Waals surface area contributed by atoms with E-state index in [0.29, 0.717) is 17.3 Å². The Bertz CT molecular complexity index is 1070. The number of nitrogens with zero attached hydrogens (tertiary/aromatic N) is 2. The first-order valence-electron chi connectivity index (χ1n) is 9.04. The third-order valence-electron chi connectivity index (χ3n) is 4.75. The van der Waals surface area contributed by atoms with Crippen molar-refractivity contribution in [1.29, 1.82) is 0 Å². The van der Waals surface area contributed by atoms with E-state index in [1.807, 2.05) is 26.1 Å². The lowest BCUT2D eigenvalue weighted by atomic mass is 9.90. The number of aliphatic imine (C=N–C) groups is 2. The van der Waals surface area contributed by atoms with Crippen molar-refractivity contribution in [3.8, 4) is 5.75 Å². The van der Waals surface area contributed by atoms with Gasteiger partial charge in [-0.15, -0.1) is 0 Å². The Hall–Kier alpha value is -2.67. The molecule has 7 heteroatoms. The molecule has 2 aromatic rings. The van der Waals surface area contributed by atoms with Crippen LogP contribution in [-0.2, 0) is 9.84 Å². The van der Waals surface area contributed by atoms with Gasteiger partial charge < -0.3 is 10.1 Å². The Morgan fingerprint density at radius 3 is 2.71 bits per heavy atom. The van der Waals surface area contributed by atoms with Crippen LogP contribution in [0.15, 0.2) is 45.2 Å². The highest BCUT2D eigenvalue weighted by Gasteiger charge is 2.19. The van der Waals surface area contributed by atoms with Crippen molar-refractivity contribution in [3.63, 3.8) is 0 Å². The van der Waals surface area contributed by atoms with Crippen LogP contribution in [0.5, 0.6) is 5.75 Å². The molecule has 3 rings (SSSR count). The Kier molecular flexibility index (Phi) is 5.56. The molecule has 148 valence electrons. The maximum absolute atomic E-state index is 11.9. The van der Waals surface area contributed by atoms with Crippen LogP contribution in [0.25, 0.3) is 0 Å². The van der Waals surface area contributed by atoms with Crippen molar-refractivity contribution in [3.05, 3.63) is 47.0 Å². The predicted molar refractivity (Wildman–Crippen MR) is 115 cm³/mol. The van der Waals surface area contributed by atoms with Crippen molar-refractivity contribution in [2.24, 2.45) is 9.98 Å². The number of nitrogens with one attached hydrogen (secondary N) is 1. The summed E-state index contributed by atoms with van der Waals surface area (Å²) in [7, 11) is -1.77. The summed E-state index contributed by atoms with van der Waals surface area (Å²) in [5.74, 6) is 1.49. The zero-order valence-corrected chi connectivity index (χ0v) is 17.6. The number of amidine groups is 1. The van der Waals surface area contributed by atoms with Gasteiger partial charge in [0.1, 0.15) is 11.6 Å². The molecule has 0 spiro atoms. The second-order valence-electron chi connectivity index (χ2n) is 7.09. The second kappa shape index (κ2) is 7.75. The van der Waals surface area contributed by atoms with Crippen LogP contribution in [0.3, 0.4) is 0 Å². The molecule has 1 aliphatic rings. The van der Waals surface area contributed by atoms with Crippen LogP contribution >= 0.6 is 0 Å². The fourth-order valence-corrected chi connectivity index (χ4v) is 3.97. The summed E-state index contributed by atoms with van der Waals surface area (Å²) >= 11 is 0. The standard InChI is InChI=1S/C21H25N3O3S/c1-13-6-7-16-12-22-11-14(2)20(16)21(13)24-15(3)23-18-10-17(28(5,25)26)8-9-19(18)27-4/h6-10,12,14H,11H2,1-5H3,(H,23,24). The van der Waals surface area contributed by atoms with E-state index in [4.69, 9.17) is 9.73 Å². The summed E-state index contributed by atoms with van der Waals surface area (Å²) in [5, 5.41) is 3.20. The predicted octanol–water partition coefficient (Wildman–Crippen LogP) is 4.11. The monoisotopic (exact) mass is 399 g/mol. The lowest BCUT2D eigenvalue weighted by Gasteiger charge is -2.21. The summed E-state index contributed by atoms with van der Waals surface area (Å²) in [6.07, 6.45) is 3.08. The summed E-state index contributed by atoms with van der Waals surface area (Å²) in [6.45, 7) is 6.79. The van der Waals surface area contributed by atoms with Gasteiger partial charge in [0.25, 0.3) is 0 Å². The van der Waals surface area contributed by atoms with Crippen LogP contribution in [0, 0.1) is 6.92 Å². The molecule has 0 aliphatic carbocycles. The topological polar surface area (TPSA) is 80.1 Å². The lowest BCUT2D eigenvalue weighted by Crippen LogP contribution is -2.12. The van der Waals surface area contributed by atoms with Gasteiger partial charge in [-0.2, -0.15) is 0 Å². The Labute approximate surface area is 166 Å². The van der Waals surface area contributed by atoms with Gasteiger partial charge in [0.05, 0.1) is 23.4 Å². The third kappa shape index (κ3) is 4.09. The van der Waals surface area contributed by atoms with E-state index in [9.17, 15) is 8.42 Å². The number of sulfone groups is 1. The van der Waals surface area contributed by atoms with Gasteiger partial charge in [-0.3, -0.25) is 4.99 Å². The second-order valence-corrected chi connectivity index (χ2v) is 9.10. The van der Waals surface area contributed by atoms with E-state index in [1.165, 1.54) is 17.9 Å². The van der Waals surface area contributed by atoms with Gasteiger partial charge in [0.15, 0.2) is 9.84 Å². The first kappa shape index (κ1) is 20.1. The van der Waals surface area contributed by atoms with Crippen molar-refractivity contribution in [1.82, 2.24) is 0 Å². The molecule has 0 saturated carbocycles. The Morgan fingerprint density at radius 1 is 1.29 bits per heavy atom. The molecule has 0 bridgehead atoms. The first-order chi connectivity index (χ1) is 13.2. The smallest absolute Gasteiger partial charge is 0.175 e. The molecule has 1 atom stereocenters. The van der Waals surface area contributed by atoms with Crippen LogP contribution in [0.4, 0.5) is 11.4 Å². The van der Waals surface area contributed by atoms with E-state index in [1.54, 1.807) is 19.2 Å². The third-order valence-corrected chi connectivity index (χ3v) is 5.86. The summed E-state index contributed by atoms with van der Waals surface area (Å²) in [5.41, 5.74) is 4.85. The fourth-order valence-electron chi connectivity index (χ4n) is 3.32. The molecule has 1 heterocycles. The first-order valence-corrected chi connectivity index (χ1v) is 10.9. The number of fused-ring (bicyclic) bond motifs is 1. The van der Waals surface area contributed by atoms with Gasteiger partial charge >= 0.3 is 0 Å². The number of aryl methyl sites for hydroxylation is 1. The fraction of sp³-hybridized carbons (Fsp3) is 0.333. The van der Waals surface area contributed by atoms with E-state index >= 15 is 0 Å². The highest BCUT2D eigenvalue weighted by atomic mass is 32.2. The minimum atomic E-state index is -3.32. The van der Waals surface area contributed by atoms with Crippen molar-refractivity contribution >= 4 is 33.3 Å². The summed E-state index contributed by atoms with van der Waals surface area (Å²) < 4.78 is 29.1. The zero-order valence-electron chi connectivity index (χ0n) is 16.8. The van der Waals surface area contributed by atoms with Crippen molar-refractivity contribution in [2.45, 2.75) is 31.6 Å². The number of benzene rings is 2. The molecule has 6 nitrogen and oxygen atoms in total. The summed E-state index contributed by atoms with van der Waals surface area (Å²) in [6, 6.07) is 8.85. The minimum Gasteiger partial charge on any atom is -0.495 e. The van der Waals surface area contributed by atoms with Crippen molar-refractivity contribution in [2.75, 3.05) is 25.2 Å². The van der Waals surface area contributed by atoms with Gasteiger partial charge in [-0.1, -0.05) is 19.1 Å². The van der Waals surface area contributed by atoms with E-state index in [0.717, 1.165) is 23.4 Å². The highest BCUT2D eigenvalue weighted by Crippen LogP contribution is 2.35. The molecular formula is C21H25N3O3S. The number of methoxy groups -OCH3 is 1. The number of anilines is 1. The van der Waals surface area contributed by atoms with Crippen molar-refractivity contribution < 1.29 is 13.2 Å². The molecule has 0 amide bonds. The average Bonchev–Trinajstić information content (AvgIpc) is 2.63. The van der Waals surface area contributed by atoms with Crippen LogP contribution < -0.4 is 10.1 Å². The van der Waals surface area contributed by atoms with Gasteiger partial charge in [-0.25, -0.2) is 13.4 Å². The zero-order chi connectivity index (χ0) is 20.5. The highest BCUT2D eigenvalue weighted by molar-refractivity contribution is 7.90. The maximum Gasteiger partial charge on any atom is 0.175 e. The van der Waals surface area contributed by atoms with Crippen LogP contribution in [0.1, 0.15) is 36.5 Å². The van der Waals surface area contributed by atoms with E-state index in [-0.39, 0.29) is 10.8 Å². The average molecular weight is 400 g/mol. The summed E-state index contributed by atoms with van der Waals surface area (Å²) in [4.78, 5) is 9.46. The van der Waals surface area contributed by atoms with E-state index in [2.05, 4.69) is 23.3 Å². The molecule has 0 radical (unpaired) electrons. The molecule has 0 fully saturated rings. The van der Waals surface area contributed by atoms with Crippen LogP contribution in [-0.4, -0.2) is 40.4 Å². The Morgan fingerprint density at radius 2 is 2.04 bits per heavy atom. The molecule has 0 saturated heterocycles. The number of ether oxygens (including phenoxy) is 1. The lowest BCUT2D eigenvalue weighted by molar-refractivity contribution is 0.416. The molecule has 1 unspecified atom stereocenters. The molecule has 1 N–H and O–H groups in total. The van der Waals surface area contributed by atoms with Crippen LogP contribution in [0.2, 0.25) is 0 Å². The number of rotatable bonds is 4. The van der Waals surface area contributed by atoms with Gasteiger partial charge in [0.2, 0.25) is 0 Å². The molecule has 1 aliphatic heterocycles. The van der Waals surface area contributed by atoms with Gasteiger partial charge in [0, 0.05) is 24.9 Å². The number of hydrogen-bond acceptors (Lipinski definition) is 5. The molecule has 0 aromatic heterocycles.